The number of anilines is 1. The Hall–Kier alpha value is -1.03. The third-order valence-corrected chi connectivity index (χ3v) is 2.46. The molecule has 4 nitrogen and oxygen atoms in total. The molecule has 0 saturated heterocycles. The Morgan fingerprint density at radius 1 is 1.64 bits per heavy atom. The van der Waals surface area contributed by atoms with Crippen LogP contribution in [0.3, 0.4) is 0 Å². The molecule has 1 aromatic rings. The molecule has 0 amide bonds. The molecule has 2 rings (SSSR count). The molecule has 0 bridgehead atoms. The van der Waals surface area contributed by atoms with E-state index in [1.807, 2.05) is 12.4 Å². The number of methoxy groups -OCH3 is 1. The highest BCUT2D eigenvalue weighted by molar-refractivity contribution is 5.25. The van der Waals surface area contributed by atoms with Gasteiger partial charge in [-0.25, -0.2) is 4.98 Å². The summed E-state index contributed by atoms with van der Waals surface area (Å²) in [5.74, 6) is 1.85. The maximum Gasteiger partial charge on any atom is 0.202 e. The Labute approximate surface area is 84.3 Å². The second-order valence-corrected chi connectivity index (χ2v) is 3.77. The molecule has 1 aliphatic carbocycles. The molecule has 0 radical (unpaired) electrons. The van der Waals surface area contributed by atoms with Gasteiger partial charge in [0, 0.05) is 32.6 Å². The molecule has 1 heterocycles. The van der Waals surface area contributed by atoms with E-state index >= 15 is 0 Å². The largest absolute Gasteiger partial charge is 0.383 e. The molecule has 4 heteroatoms. The molecule has 78 valence electrons. The van der Waals surface area contributed by atoms with Crippen LogP contribution in [0, 0.1) is 5.92 Å². The van der Waals surface area contributed by atoms with E-state index in [0.717, 1.165) is 31.6 Å². The smallest absolute Gasteiger partial charge is 0.202 e. The van der Waals surface area contributed by atoms with Gasteiger partial charge in [-0.15, -0.1) is 0 Å². The summed E-state index contributed by atoms with van der Waals surface area (Å²) in [6.07, 6.45) is 6.62. The van der Waals surface area contributed by atoms with Gasteiger partial charge in [-0.1, -0.05) is 0 Å². The van der Waals surface area contributed by atoms with Crippen molar-refractivity contribution in [1.29, 1.82) is 0 Å². The van der Waals surface area contributed by atoms with E-state index in [2.05, 4.69) is 14.9 Å². The van der Waals surface area contributed by atoms with Crippen molar-refractivity contribution in [3.63, 3.8) is 0 Å². The highest BCUT2D eigenvalue weighted by Crippen LogP contribution is 2.31. The fraction of sp³-hybridized carbons (Fsp3) is 0.700. The highest BCUT2D eigenvalue weighted by Gasteiger charge is 2.22. The first-order valence-corrected chi connectivity index (χ1v) is 5.14. The first-order valence-electron chi connectivity index (χ1n) is 5.14. The van der Waals surface area contributed by atoms with E-state index in [1.165, 1.54) is 12.8 Å². The summed E-state index contributed by atoms with van der Waals surface area (Å²) < 4.78 is 7.16. The molecule has 0 aliphatic heterocycles. The highest BCUT2D eigenvalue weighted by atomic mass is 16.5. The standard InChI is InChI=1S/C10H17N3O/c1-14-7-5-12-10-11-4-6-13(10)8-9-2-3-9/h4,6,9H,2-3,5,7-8H2,1H3,(H,11,12). The predicted octanol–water partition coefficient (Wildman–Crippen LogP) is 1.35. The Bertz CT molecular complexity index is 281. The van der Waals surface area contributed by atoms with Crippen molar-refractivity contribution in [1.82, 2.24) is 9.55 Å². The lowest BCUT2D eigenvalue weighted by atomic mass is 10.4. The summed E-state index contributed by atoms with van der Waals surface area (Å²) in [5.41, 5.74) is 0. The zero-order valence-corrected chi connectivity index (χ0v) is 8.57. The predicted molar refractivity (Wildman–Crippen MR) is 55.3 cm³/mol. The van der Waals surface area contributed by atoms with Crippen LogP contribution in [0.4, 0.5) is 5.95 Å². The Kier molecular flexibility index (Phi) is 3.03. The average molecular weight is 195 g/mol. The van der Waals surface area contributed by atoms with Gasteiger partial charge >= 0.3 is 0 Å². The fourth-order valence-corrected chi connectivity index (χ4v) is 1.47. The summed E-state index contributed by atoms with van der Waals surface area (Å²) in [7, 11) is 1.71. The normalized spacial score (nSPS) is 15.8. The van der Waals surface area contributed by atoms with Gasteiger partial charge < -0.3 is 14.6 Å². The molecular formula is C10H17N3O. The van der Waals surface area contributed by atoms with Crippen molar-refractivity contribution in [2.75, 3.05) is 25.6 Å². The minimum Gasteiger partial charge on any atom is -0.383 e. The molecule has 14 heavy (non-hydrogen) atoms. The molecule has 0 unspecified atom stereocenters. The van der Waals surface area contributed by atoms with Crippen LogP contribution in [0.1, 0.15) is 12.8 Å². The summed E-state index contributed by atoms with van der Waals surface area (Å²) in [6, 6.07) is 0. The van der Waals surface area contributed by atoms with Crippen LogP contribution < -0.4 is 5.32 Å². The second-order valence-electron chi connectivity index (χ2n) is 3.77. The minimum absolute atomic E-state index is 0.719. The molecule has 0 atom stereocenters. The third kappa shape index (κ3) is 2.48. The van der Waals surface area contributed by atoms with E-state index in [1.54, 1.807) is 7.11 Å². The molecule has 1 saturated carbocycles. The van der Waals surface area contributed by atoms with Crippen LogP contribution in [0.2, 0.25) is 0 Å². The van der Waals surface area contributed by atoms with Gasteiger partial charge in [0.25, 0.3) is 0 Å². The minimum atomic E-state index is 0.719. The Morgan fingerprint density at radius 2 is 2.50 bits per heavy atom. The molecule has 0 aromatic carbocycles. The first-order chi connectivity index (χ1) is 6.90. The number of rotatable bonds is 6. The summed E-state index contributed by atoms with van der Waals surface area (Å²) in [4.78, 5) is 4.27. The van der Waals surface area contributed by atoms with Crippen molar-refractivity contribution in [3.05, 3.63) is 12.4 Å². The number of nitrogens with zero attached hydrogens (tertiary/aromatic N) is 2. The van der Waals surface area contributed by atoms with Crippen molar-refractivity contribution in [2.45, 2.75) is 19.4 Å². The maximum absolute atomic E-state index is 4.97. The number of aromatic nitrogens is 2. The van der Waals surface area contributed by atoms with Gasteiger partial charge in [-0.05, 0) is 18.8 Å². The lowest BCUT2D eigenvalue weighted by Gasteiger charge is -2.08. The molecular weight excluding hydrogens is 178 g/mol. The van der Waals surface area contributed by atoms with Crippen molar-refractivity contribution in [2.24, 2.45) is 5.92 Å². The number of hydrogen-bond donors (Lipinski definition) is 1. The number of ether oxygens (including phenoxy) is 1. The Balaban J connectivity index is 1.84. The zero-order chi connectivity index (χ0) is 9.80. The van der Waals surface area contributed by atoms with Crippen LogP contribution in [0.5, 0.6) is 0 Å². The second kappa shape index (κ2) is 4.46. The zero-order valence-electron chi connectivity index (χ0n) is 8.57. The van der Waals surface area contributed by atoms with E-state index in [9.17, 15) is 0 Å². The molecule has 1 aromatic heterocycles. The van der Waals surface area contributed by atoms with Gasteiger partial charge in [0.05, 0.1) is 6.61 Å². The quantitative estimate of drug-likeness (QED) is 0.696. The van der Waals surface area contributed by atoms with Gasteiger partial charge in [0.15, 0.2) is 0 Å². The number of hydrogen-bond acceptors (Lipinski definition) is 3. The van der Waals surface area contributed by atoms with Crippen LogP contribution in [0.15, 0.2) is 12.4 Å². The van der Waals surface area contributed by atoms with Crippen LogP contribution in [0.25, 0.3) is 0 Å². The number of imidazole rings is 1. The lowest BCUT2D eigenvalue weighted by molar-refractivity contribution is 0.210. The van der Waals surface area contributed by atoms with Crippen molar-refractivity contribution >= 4 is 5.95 Å². The molecule has 0 spiro atoms. The third-order valence-electron chi connectivity index (χ3n) is 2.46. The first kappa shape index (κ1) is 9.52. The summed E-state index contributed by atoms with van der Waals surface area (Å²) in [6.45, 7) is 2.64. The van der Waals surface area contributed by atoms with E-state index in [0.29, 0.717) is 0 Å². The van der Waals surface area contributed by atoms with Crippen molar-refractivity contribution in [3.8, 4) is 0 Å². The lowest BCUT2D eigenvalue weighted by Crippen LogP contribution is -2.12. The average Bonchev–Trinajstić information content (AvgIpc) is 2.88. The summed E-state index contributed by atoms with van der Waals surface area (Å²) >= 11 is 0. The SMILES string of the molecule is COCCNc1nccn1CC1CC1. The van der Waals surface area contributed by atoms with Gasteiger partial charge in [0.2, 0.25) is 5.95 Å². The fourth-order valence-electron chi connectivity index (χ4n) is 1.47. The Morgan fingerprint density at radius 3 is 3.21 bits per heavy atom. The van der Waals surface area contributed by atoms with Gasteiger partial charge in [-0.2, -0.15) is 0 Å². The van der Waals surface area contributed by atoms with Gasteiger partial charge in [-0.3, -0.25) is 0 Å². The van der Waals surface area contributed by atoms with Crippen molar-refractivity contribution < 1.29 is 4.74 Å². The molecule has 1 fully saturated rings. The molecule has 1 aliphatic rings. The van der Waals surface area contributed by atoms with E-state index in [-0.39, 0.29) is 0 Å². The summed E-state index contributed by atoms with van der Waals surface area (Å²) in [5, 5.41) is 3.25. The van der Waals surface area contributed by atoms with Gasteiger partial charge in [0.1, 0.15) is 0 Å². The van der Waals surface area contributed by atoms with E-state index in [4.69, 9.17) is 4.74 Å². The van der Waals surface area contributed by atoms with E-state index < -0.39 is 0 Å². The maximum atomic E-state index is 4.97. The van der Waals surface area contributed by atoms with Crippen LogP contribution in [-0.4, -0.2) is 29.8 Å². The number of nitrogens with one attached hydrogen (secondary N) is 1. The molecule has 1 N–H and O–H groups in total. The van der Waals surface area contributed by atoms with Crippen LogP contribution in [-0.2, 0) is 11.3 Å². The monoisotopic (exact) mass is 195 g/mol. The van der Waals surface area contributed by atoms with Crippen LogP contribution >= 0.6 is 0 Å². The topological polar surface area (TPSA) is 39.1 Å².